The second kappa shape index (κ2) is 6.71. The van der Waals surface area contributed by atoms with Crippen LogP contribution in [0, 0.1) is 0 Å². The van der Waals surface area contributed by atoms with Crippen molar-refractivity contribution in [2.45, 2.75) is 6.42 Å². The van der Waals surface area contributed by atoms with Gasteiger partial charge in [0.1, 0.15) is 11.4 Å². The van der Waals surface area contributed by atoms with Gasteiger partial charge in [-0.3, -0.25) is 4.79 Å². The average molecular weight is 331 g/mol. The number of halogens is 1. The molecule has 3 aromatic rings. The van der Waals surface area contributed by atoms with Gasteiger partial charge < -0.3 is 14.8 Å². The fourth-order valence-corrected chi connectivity index (χ4v) is 2.39. The molecule has 2 N–H and O–H groups in total. The van der Waals surface area contributed by atoms with Gasteiger partial charge in [-0.15, -0.1) is 11.6 Å². The number of hydrogen-bond donors (Lipinski definition) is 2. The fraction of sp³-hybridized carbons (Fsp3) is 0.176. The van der Waals surface area contributed by atoms with Crippen LogP contribution in [-0.4, -0.2) is 27.6 Å². The highest BCUT2D eigenvalue weighted by Gasteiger charge is 2.13. The second-order valence-corrected chi connectivity index (χ2v) is 5.37. The van der Waals surface area contributed by atoms with Crippen LogP contribution in [0.1, 0.15) is 6.42 Å². The lowest BCUT2D eigenvalue weighted by molar-refractivity contribution is 0.318. The van der Waals surface area contributed by atoms with Gasteiger partial charge in [0.25, 0.3) is 0 Å². The van der Waals surface area contributed by atoms with Crippen molar-refractivity contribution in [1.29, 1.82) is 0 Å². The highest BCUT2D eigenvalue weighted by molar-refractivity contribution is 6.17. The molecule has 0 saturated heterocycles. The minimum atomic E-state index is -0.440. The van der Waals surface area contributed by atoms with Crippen molar-refractivity contribution >= 4 is 22.6 Å². The number of pyridine rings is 2. The van der Waals surface area contributed by atoms with Crippen molar-refractivity contribution < 1.29 is 9.84 Å². The number of aromatic nitrogens is 2. The zero-order valence-electron chi connectivity index (χ0n) is 12.3. The summed E-state index contributed by atoms with van der Waals surface area (Å²) < 4.78 is 5.53. The molecule has 118 valence electrons. The lowest BCUT2D eigenvalue weighted by atomic mass is 10.1. The monoisotopic (exact) mass is 330 g/mol. The maximum absolute atomic E-state index is 12.2. The number of ether oxygens (including phenoxy) is 1. The van der Waals surface area contributed by atoms with Gasteiger partial charge in [0.15, 0.2) is 5.75 Å². The summed E-state index contributed by atoms with van der Waals surface area (Å²) in [4.78, 5) is 19.4. The Morgan fingerprint density at radius 1 is 1.22 bits per heavy atom. The first-order chi connectivity index (χ1) is 11.2. The van der Waals surface area contributed by atoms with Gasteiger partial charge in [-0.2, -0.15) is 0 Å². The van der Waals surface area contributed by atoms with Gasteiger partial charge in [0.2, 0.25) is 5.43 Å². The molecule has 0 aliphatic rings. The van der Waals surface area contributed by atoms with E-state index in [1.54, 1.807) is 42.6 Å². The highest BCUT2D eigenvalue weighted by Crippen LogP contribution is 2.27. The summed E-state index contributed by atoms with van der Waals surface area (Å²) in [7, 11) is 0. The van der Waals surface area contributed by atoms with E-state index in [4.69, 9.17) is 16.3 Å². The first-order valence-electron chi connectivity index (χ1n) is 7.20. The molecule has 3 rings (SSSR count). The van der Waals surface area contributed by atoms with Crippen molar-refractivity contribution in [2.75, 3.05) is 12.5 Å². The van der Waals surface area contributed by atoms with E-state index < -0.39 is 5.43 Å². The third-order valence-corrected chi connectivity index (χ3v) is 3.70. The van der Waals surface area contributed by atoms with E-state index in [9.17, 15) is 9.90 Å². The molecule has 0 spiro atoms. The van der Waals surface area contributed by atoms with Gasteiger partial charge in [-0.1, -0.05) is 0 Å². The SMILES string of the molecule is O=c1c(O)c(-c2ccc(OCCCCl)cc2)[nH]c2ncccc12. The van der Waals surface area contributed by atoms with Crippen molar-refractivity contribution in [3.05, 3.63) is 52.8 Å². The number of nitrogens with zero attached hydrogens (tertiary/aromatic N) is 1. The minimum Gasteiger partial charge on any atom is -0.503 e. The molecule has 5 nitrogen and oxygen atoms in total. The number of hydrogen-bond acceptors (Lipinski definition) is 4. The summed E-state index contributed by atoms with van der Waals surface area (Å²) in [6.45, 7) is 0.546. The zero-order chi connectivity index (χ0) is 16.2. The smallest absolute Gasteiger partial charge is 0.233 e. The average Bonchev–Trinajstić information content (AvgIpc) is 2.59. The number of fused-ring (bicyclic) bond motifs is 1. The number of nitrogens with one attached hydrogen (secondary N) is 1. The Morgan fingerprint density at radius 3 is 2.74 bits per heavy atom. The Labute approximate surface area is 137 Å². The van der Waals surface area contributed by atoms with E-state index in [2.05, 4.69) is 9.97 Å². The Kier molecular flexibility index (Phi) is 4.48. The predicted molar refractivity (Wildman–Crippen MR) is 90.3 cm³/mol. The normalized spacial score (nSPS) is 10.8. The van der Waals surface area contributed by atoms with Crippen molar-refractivity contribution in [3.8, 4) is 22.8 Å². The fourth-order valence-electron chi connectivity index (χ4n) is 2.28. The molecule has 0 unspecified atom stereocenters. The molecular formula is C17H15ClN2O3. The molecule has 2 aromatic heterocycles. The largest absolute Gasteiger partial charge is 0.503 e. The second-order valence-electron chi connectivity index (χ2n) is 4.99. The Morgan fingerprint density at radius 2 is 2.00 bits per heavy atom. The van der Waals surface area contributed by atoms with Crippen LogP contribution in [0.2, 0.25) is 0 Å². The molecule has 23 heavy (non-hydrogen) atoms. The Bertz CT molecular complexity index is 875. The van der Waals surface area contributed by atoms with E-state index in [1.807, 2.05) is 0 Å². The van der Waals surface area contributed by atoms with Crippen LogP contribution in [-0.2, 0) is 0 Å². The predicted octanol–water partition coefficient (Wildman–Crippen LogP) is 3.30. The van der Waals surface area contributed by atoms with Gasteiger partial charge in [0.05, 0.1) is 17.7 Å². The standard InChI is InChI=1S/C17H15ClN2O3/c18-8-2-10-23-12-6-4-11(5-7-12)14-16(22)15(21)13-3-1-9-19-17(13)20-14/h1,3-7,9,22H,2,8,10H2,(H,19,20,21). The lowest BCUT2D eigenvalue weighted by Crippen LogP contribution is -2.05. The molecular weight excluding hydrogens is 316 g/mol. The molecule has 0 aliphatic carbocycles. The van der Waals surface area contributed by atoms with Crippen LogP contribution in [0.4, 0.5) is 0 Å². The van der Waals surface area contributed by atoms with Crippen LogP contribution in [0.5, 0.6) is 11.5 Å². The van der Waals surface area contributed by atoms with Gasteiger partial charge in [-0.05, 0) is 42.8 Å². The third kappa shape index (κ3) is 3.14. The maximum Gasteiger partial charge on any atom is 0.233 e. The quantitative estimate of drug-likeness (QED) is 0.556. The summed E-state index contributed by atoms with van der Waals surface area (Å²) in [5, 5.41) is 10.5. The first-order valence-corrected chi connectivity index (χ1v) is 7.73. The molecule has 0 bridgehead atoms. The molecule has 0 saturated carbocycles. The number of H-pyrrole nitrogens is 1. The summed E-state index contributed by atoms with van der Waals surface area (Å²) in [5.41, 5.74) is 1.02. The van der Waals surface area contributed by atoms with Crippen molar-refractivity contribution in [2.24, 2.45) is 0 Å². The van der Waals surface area contributed by atoms with Crippen LogP contribution in [0.15, 0.2) is 47.4 Å². The van der Waals surface area contributed by atoms with Gasteiger partial charge >= 0.3 is 0 Å². The minimum absolute atomic E-state index is 0.318. The van der Waals surface area contributed by atoms with Gasteiger partial charge in [-0.25, -0.2) is 4.98 Å². The third-order valence-electron chi connectivity index (χ3n) is 3.44. The molecule has 2 heterocycles. The van der Waals surface area contributed by atoms with Crippen LogP contribution >= 0.6 is 11.6 Å². The molecule has 0 atom stereocenters. The van der Waals surface area contributed by atoms with Crippen LogP contribution in [0.3, 0.4) is 0 Å². The van der Waals surface area contributed by atoms with E-state index in [0.29, 0.717) is 40.5 Å². The topological polar surface area (TPSA) is 75.2 Å². The highest BCUT2D eigenvalue weighted by atomic mass is 35.5. The molecule has 1 aromatic carbocycles. The summed E-state index contributed by atoms with van der Waals surface area (Å²) in [5.74, 6) is 0.943. The maximum atomic E-state index is 12.2. The molecule has 0 radical (unpaired) electrons. The van der Waals surface area contributed by atoms with Crippen molar-refractivity contribution in [1.82, 2.24) is 9.97 Å². The van der Waals surface area contributed by atoms with Crippen LogP contribution in [0.25, 0.3) is 22.3 Å². The van der Waals surface area contributed by atoms with E-state index in [0.717, 1.165) is 6.42 Å². The number of aromatic hydroxyl groups is 1. The van der Waals surface area contributed by atoms with E-state index in [1.165, 1.54) is 0 Å². The van der Waals surface area contributed by atoms with Gasteiger partial charge in [0, 0.05) is 17.6 Å². The number of aromatic amines is 1. The summed E-state index contributed by atoms with van der Waals surface area (Å²) >= 11 is 5.61. The van der Waals surface area contributed by atoms with E-state index >= 15 is 0 Å². The molecule has 0 fully saturated rings. The summed E-state index contributed by atoms with van der Waals surface area (Å²) in [6.07, 6.45) is 2.36. The number of rotatable bonds is 5. The molecule has 0 amide bonds. The van der Waals surface area contributed by atoms with Crippen LogP contribution < -0.4 is 10.2 Å². The first kappa shape index (κ1) is 15.4. The number of alkyl halides is 1. The Hall–Kier alpha value is -2.53. The Balaban J connectivity index is 1.97. The zero-order valence-corrected chi connectivity index (χ0v) is 13.0. The molecule has 6 heteroatoms. The summed E-state index contributed by atoms with van der Waals surface area (Å²) in [6, 6.07) is 10.4. The molecule has 0 aliphatic heterocycles. The van der Waals surface area contributed by atoms with Crippen molar-refractivity contribution in [3.63, 3.8) is 0 Å². The lowest BCUT2D eigenvalue weighted by Gasteiger charge is -2.09. The number of benzene rings is 1. The van der Waals surface area contributed by atoms with E-state index in [-0.39, 0.29) is 5.75 Å².